The maximum absolute atomic E-state index is 13.7. The number of alkyl halides is 6. The Bertz CT molecular complexity index is 806. The van der Waals surface area contributed by atoms with Crippen LogP contribution in [0.4, 0.5) is 40.8 Å². The molecular weight excluding hydrogens is 362 g/mol. The Morgan fingerprint density at radius 3 is 1.68 bits per heavy atom. The van der Waals surface area contributed by atoms with Gasteiger partial charge in [-0.25, -0.2) is 8.78 Å². The second kappa shape index (κ2) is 6.01. The van der Waals surface area contributed by atoms with Gasteiger partial charge in [-0.1, -0.05) is 0 Å². The summed E-state index contributed by atoms with van der Waals surface area (Å²) in [5.41, 5.74) is -1.24. The lowest BCUT2D eigenvalue weighted by Gasteiger charge is -2.14. The molecule has 2 nitrogen and oxygen atoms in total. The summed E-state index contributed by atoms with van der Waals surface area (Å²) in [6.07, 6.45) is -10.4. The second-order valence-corrected chi connectivity index (χ2v) is 4.98. The molecule has 0 saturated heterocycles. The maximum Gasteiger partial charge on any atom is 0.416 e. The van der Waals surface area contributed by atoms with E-state index in [1.54, 1.807) is 0 Å². The van der Waals surface area contributed by atoms with E-state index in [-0.39, 0.29) is 18.2 Å². The van der Waals surface area contributed by atoms with Gasteiger partial charge >= 0.3 is 12.4 Å². The summed E-state index contributed by atoms with van der Waals surface area (Å²) in [4.78, 5) is 12.1. The minimum atomic E-state index is -5.18. The van der Waals surface area contributed by atoms with Crippen molar-refractivity contribution in [3.8, 4) is 0 Å². The first-order valence-corrected chi connectivity index (χ1v) is 6.39. The molecule has 0 saturated carbocycles. The van der Waals surface area contributed by atoms with E-state index in [9.17, 15) is 39.9 Å². The Balaban J connectivity index is 2.66. The number of nitrogen functional groups attached to an aromatic ring is 1. The zero-order chi connectivity index (χ0) is 19.2. The average Bonchev–Trinajstić information content (AvgIpc) is 2.48. The molecule has 0 heterocycles. The van der Waals surface area contributed by atoms with Gasteiger partial charge in [-0.3, -0.25) is 4.79 Å². The summed E-state index contributed by atoms with van der Waals surface area (Å²) >= 11 is 0. The predicted octanol–water partition coefficient (Wildman–Crippen LogP) is 4.82. The molecule has 0 aliphatic rings. The Morgan fingerprint density at radius 1 is 0.760 bits per heavy atom. The third-order valence-electron chi connectivity index (χ3n) is 3.18. The fraction of sp³-hybridized carbons (Fsp3) is 0.133. The van der Waals surface area contributed by atoms with Crippen LogP contribution < -0.4 is 5.73 Å². The summed E-state index contributed by atoms with van der Waals surface area (Å²) < 4.78 is 104. The molecule has 0 bridgehead atoms. The first-order valence-electron chi connectivity index (χ1n) is 6.39. The normalized spacial score (nSPS) is 12.3. The van der Waals surface area contributed by atoms with Crippen molar-refractivity contribution in [2.24, 2.45) is 0 Å². The van der Waals surface area contributed by atoms with E-state index in [1.807, 2.05) is 0 Å². The van der Waals surface area contributed by atoms with Gasteiger partial charge in [0, 0.05) is 11.6 Å². The highest BCUT2D eigenvalue weighted by molar-refractivity contribution is 6.09. The number of ketones is 1. The Hall–Kier alpha value is -2.65. The van der Waals surface area contributed by atoms with Crippen LogP contribution in [0.25, 0.3) is 0 Å². The van der Waals surface area contributed by atoms with Gasteiger partial charge in [0.2, 0.25) is 0 Å². The monoisotopic (exact) mass is 369 g/mol. The Morgan fingerprint density at radius 2 is 1.24 bits per heavy atom. The van der Waals surface area contributed by atoms with E-state index in [0.29, 0.717) is 12.1 Å². The summed E-state index contributed by atoms with van der Waals surface area (Å²) in [7, 11) is 0. The summed E-state index contributed by atoms with van der Waals surface area (Å²) in [5.74, 6) is -4.17. The summed E-state index contributed by atoms with van der Waals surface area (Å²) in [5, 5.41) is 0. The van der Waals surface area contributed by atoms with Crippen molar-refractivity contribution in [2.75, 3.05) is 5.73 Å². The third-order valence-corrected chi connectivity index (χ3v) is 3.18. The molecule has 0 fully saturated rings. The lowest BCUT2D eigenvalue weighted by molar-refractivity contribution is -0.143. The molecular formula is C15H7F8NO. The van der Waals surface area contributed by atoms with E-state index in [4.69, 9.17) is 5.73 Å². The van der Waals surface area contributed by atoms with E-state index in [0.717, 1.165) is 0 Å². The molecule has 2 rings (SSSR count). The zero-order valence-electron chi connectivity index (χ0n) is 11.9. The number of halogens is 8. The lowest BCUT2D eigenvalue weighted by Crippen LogP contribution is -2.14. The molecule has 0 atom stereocenters. The van der Waals surface area contributed by atoms with E-state index in [1.165, 1.54) is 0 Å². The molecule has 0 amide bonds. The van der Waals surface area contributed by atoms with Crippen molar-refractivity contribution < 1.29 is 39.9 Å². The quantitative estimate of drug-likeness (QED) is 0.469. The second-order valence-electron chi connectivity index (χ2n) is 4.98. The van der Waals surface area contributed by atoms with E-state index in [2.05, 4.69) is 0 Å². The van der Waals surface area contributed by atoms with Crippen LogP contribution in [0, 0.1) is 11.6 Å². The van der Waals surface area contributed by atoms with Crippen LogP contribution in [0.15, 0.2) is 30.3 Å². The van der Waals surface area contributed by atoms with Gasteiger partial charge < -0.3 is 5.73 Å². The summed E-state index contributed by atoms with van der Waals surface area (Å²) in [6, 6.07) is 0.786. The minimum Gasteiger partial charge on any atom is -0.396 e. The fourth-order valence-electron chi connectivity index (χ4n) is 1.98. The molecule has 0 aliphatic heterocycles. The number of carbonyl (C=O) groups excluding carboxylic acids is 1. The molecule has 2 N–H and O–H groups in total. The van der Waals surface area contributed by atoms with E-state index >= 15 is 0 Å². The first-order chi connectivity index (χ1) is 11.3. The highest BCUT2D eigenvalue weighted by Crippen LogP contribution is 2.37. The number of rotatable bonds is 2. The van der Waals surface area contributed by atoms with Gasteiger partial charge in [-0.2, -0.15) is 26.3 Å². The van der Waals surface area contributed by atoms with Crippen molar-refractivity contribution in [1.82, 2.24) is 0 Å². The van der Waals surface area contributed by atoms with Crippen LogP contribution in [0.3, 0.4) is 0 Å². The average molecular weight is 369 g/mol. The highest BCUT2D eigenvalue weighted by atomic mass is 19.4. The van der Waals surface area contributed by atoms with Crippen LogP contribution in [0.1, 0.15) is 27.0 Å². The number of anilines is 1. The van der Waals surface area contributed by atoms with Gasteiger partial charge in [-0.05, 0) is 24.3 Å². The van der Waals surface area contributed by atoms with Crippen LogP contribution in [0.2, 0.25) is 0 Å². The van der Waals surface area contributed by atoms with Gasteiger partial charge in [0.25, 0.3) is 0 Å². The minimum absolute atomic E-state index is 0.130. The third kappa shape index (κ3) is 3.89. The summed E-state index contributed by atoms with van der Waals surface area (Å²) in [6.45, 7) is 0. The Labute approximate surface area is 134 Å². The van der Waals surface area contributed by atoms with Crippen LogP contribution in [0.5, 0.6) is 0 Å². The van der Waals surface area contributed by atoms with Gasteiger partial charge in [0.05, 0.1) is 22.4 Å². The molecule has 0 aliphatic carbocycles. The van der Waals surface area contributed by atoms with Crippen LogP contribution in [-0.2, 0) is 12.4 Å². The van der Waals surface area contributed by atoms with Crippen molar-refractivity contribution in [3.05, 3.63) is 64.2 Å². The number of hydrogen-bond acceptors (Lipinski definition) is 2. The molecule has 0 spiro atoms. The zero-order valence-corrected chi connectivity index (χ0v) is 11.9. The lowest BCUT2D eigenvalue weighted by atomic mass is 9.97. The number of hydrogen-bond donors (Lipinski definition) is 1. The van der Waals surface area contributed by atoms with Crippen molar-refractivity contribution in [1.29, 1.82) is 0 Å². The maximum atomic E-state index is 13.7. The smallest absolute Gasteiger partial charge is 0.396 e. The van der Waals surface area contributed by atoms with Gasteiger partial charge in [0.1, 0.15) is 11.6 Å². The van der Waals surface area contributed by atoms with Crippen molar-refractivity contribution >= 4 is 11.5 Å². The number of benzene rings is 2. The number of carbonyl (C=O) groups is 1. The van der Waals surface area contributed by atoms with Gasteiger partial charge in [0.15, 0.2) is 5.78 Å². The SMILES string of the molecule is Nc1cc(F)c(C(=O)c2cc(C(F)(F)F)cc(C(F)(F)F)c2)cc1F. The topological polar surface area (TPSA) is 43.1 Å². The van der Waals surface area contributed by atoms with Gasteiger partial charge in [-0.15, -0.1) is 0 Å². The first kappa shape index (κ1) is 18.7. The molecule has 2 aromatic rings. The van der Waals surface area contributed by atoms with Crippen molar-refractivity contribution in [3.63, 3.8) is 0 Å². The van der Waals surface area contributed by atoms with Crippen LogP contribution >= 0.6 is 0 Å². The molecule has 0 aromatic heterocycles. The highest BCUT2D eigenvalue weighted by Gasteiger charge is 2.37. The molecule has 134 valence electrons. The molecule has 0 unspecified atom stereocenters. The largest absolute Gasteiger partial charge is 0.416 e. The predicted molar refractivity (Wildman–Crippen MR) is 70.6 cm³/mol. The molecule has 10 heteroatoms. The standard InChI is InChI=1S/C15H7F8NO/c16-10-5-12(24)11(17)4-9(10)13(25)6-1-7(14(18,19)20)3-8(2-6)15(21,22)23/h1-5H,24H2. The Kier molecular flexibility index (Phi) is 4.49. The molecule has 25 heavy (non-hydrogen) atoms. The van der Waals surface area contributed by atoms with E-state index < -0.39 is 57.7 Å². The fourth-order valence-corrected chi connectivity index (χ4v) is 1.98. The van der Waals surface area contributed by atoms with Crippen LogP contribution in [-0.4, -0.2) is 5.78 Å². The number of nitrogens with two attached hydrogens (primary N) is 1. The van der Waals surface area contributed by atoms with Crippen molar-refractivity contribution in [2.45, 2.75) is 12.4 Å². The molecule has 0 radical (unpaired) electrons. The molecule has 2 aromatic carbocycles.